The maximum absolute atomic E-state index is 6.05. The second-order valence-corrected chi connectivity index (χ2v) is 4.39. The first-order chi connectivity index (χ1) is 5.86. The van der Waals surface area contributed by atoms with E-state index in [1.165, 1.54) is 45.1 Å². The standard InChI is InChI=1S/C10H20N2.ClH/c11-10-4-2-1-3-8(10)7-12-9-5-6-9;/h8-10,12H,1-7,11H2;1H/t8-,10-;/m0./s1. The van der Waals surface area contributed by atoms with Crippen LogP contribution in [0.5, 0.6) is 0 Å². The van der Waals surface area contributed by atoms with Gasteiger partial charge in [-0.3, -0.25) is 0 Å². The van der Waals surface area contributed by atoms with Crippen molar-refractivity contribution in [3.63, 3.8) is 0 Å². The Hall–Kier alpha value is 0.210. The van der Waals surface area contributed by atoms with Gasteiger partial charge in [0.25, 0.3) is 0 Å². The van der Waals surface area contributed by atoms with E-state index in [0.717, 1.165) is 12.0 Å². The maximum atomic E-state index is 6.05. The topological polar surface area (TPSA) is 38.0 Å². The second kappa shape index (κ2) is 5.18. The van der Waals surface area contributed by atoms with E-state index >= 15 is 0 Å². The molecule has 2 nitrogen and oxygen atoms in total. The summed E-state index contributed by atoms with van der Waals surface area (Å²) in [5, 5.41) is 3.58. The van der Waals surface area contributed by atoms with E-state index in [1.54, 1.807) is 0 Å². The predicted molar refractivity (Wildman–Crippen MR) is 58.2 cm³/mol. The molecule has 0 aliphatic heterocycles. The van der Waals surface area contributed by atoms with Crippen LogP contribution < -0.4 is 11.1 Å². The van der Waals surface area contributed by atoms with Crippen molar-refractivity contribution in [3.8, 4) is 0 Å². The van der Waals surface area contributed by atoms with Crippen LogP contribution >= 0.6 is 12.4 Å². The predicted octanol–water partition coefficient (Wildman–Crippen LogP) is 1.68. The molecule has 0 aromatic heterocycles. The molecule has 0 aromatic carbocycles. The summed E-state index contributed by atoms with van der Waals surface area (Å²) >= 11 is 0. The van der Waals surface area contributed by atoms with Crippen molar-refractivity contribution in [2.75, 3.05) is 6.54 Å². The van der Waals surface area contributed by atoms with Gasteiger partial charge in [0.15, 0.2) is 0 Å². The summed E-state index contributed by atoms with van der Waals surface area (Å²) in [7, 11) is 0. The summed E-state index contributed by atoms with van der Waals surface area (Å²) in [4.78, 5) is 0. The average molecular weight is 205 g/mol. The highest BCUT2D eigenvalue weighted by Crippen LogP contribution is 2.24. The third-order valence-electron chi connectivity index (χ3n) is 3.21. The number of rotatable bonds is 3. The summed E-state index contributed by atoms with van der Waals surface area (Å²) in [6.07, 6.45) is 8.12. The van der Waals surface area contributed by atoms with Crippen molar-refractivity contribution >= 4 is 12.4 Å². The molecule has 0 radical (unpaired) electrons. The van der Waals surface area contributed by atoms with Gasteiger partial charge in [0.1, 0.15) is 0 Å². The normalized spacial score (nSPS) is 33.9. The van der Waals surface area contributed by atoms with E-state index in [4.69, 9.17) is 5.73 Å². The van der Waals surface area contributed by atoms with Crippen LogP contribution in [0, 0.1) is 5.92 Å². The fourth-order valence-electron chi connectivity index (χ4n) is 2.10. The zero-order valence-corrected chi connectivity index (χ0v) is 8.98. The van der Waals surface area contributed by atoms with E-state index in [2.05, 4.69) is 5.32 Å². The van der Waals surface area contributed by atoms with Gasteiger partial charge in [-0.1, -0.05) is 12.8 Å². The minimum atomic E-state index is 0. The molecule has 3 N–H and O–H groups in total. The van der Waals surface area contributed by atoms with E-state index in [9.17, 15) is 0 Å². The number of nitrogens with one attached hydrogen (secondary N) is 1. The highest BCUT2D eigenvalue weighted by molar-refractivity contribution is 5.85. The molecule has 13 heavy (non-hydrogen) atoms. The molecule has 2 aliphatic carbocycles. The van der Waals surface area contributed by atoms with Crippen molar-refractivity contribution in [1.29, 1.82) is 0 Å². The van der Waals surface area contributed by atoms with Crippen molar-refractivity contribution < 1.29 is 0 Å². The second-order valence-electron chi connectivity index (χ2n) is 4.39. The zero-order valence-electron chi connectivity index (χ0n) is 8.17. The quantitative estimate of drug-likeness (QED) is 0.734. The molecular weight excluding hydrogens is 184 g/mol. The van der Waals surface area contributed by atoms with E-state index in [1.807, 2.05) is 0 Å². The Bertz CT molecular complexity index is 148. The Morgan fingerprint density at radius 2 is 1.77 bits per heavy atom. The summed E-state index contributed by atoms with van der Waals surface area (Å²) < 4.78 is 0. The van der Waals surface area contributed by atoms with Crippen molar-refractivity contribution in [2.45, 2.75) is 50.6 Å². The Balaban J connectivity index is 0.000000845. The van der Waals surface area contributed by atoms with Crippen LogP contribution in [-0.4, -0.2) is 18.6 Å². The van der Waals surface area contributed by atoms with Crippen LogP contribution in [0.2, 0.25) is 0 Å². The number of halogens is 1. The van der Waals surface area contributed by atoms with Gasteiger partial charge in [0.2, 0.25) is 0 Å². The first kappa shape index (κ1) is 11.3. The van der Waals surface area contributed by atoms with Crippen molar-refractivity contribution in [3.05, 3.63) is 0 Å². The Morgan fingerprint density at radius 3 is 2.38 bits per heavy atom. The Kier molecular flexibility index (Phi) is 4.50. The number of hydrogen-bond donors (Lipinski definition) is 2. The molecule has 2 saturated carbocycles. The molecule has 2 fully saturated rings. The van der Waals surface area contributed by atoms with Gasteiger partial charge in [-0.2, -0.15) is 0 Å². The minimum Gasteiger partial charge on any atom is -0.327 e. The van der Waals surface area contributed by atoms with Gasteiger partial charge in [0.05, 0.1) is 0 Å². The summed E-state index contributed by atoms with van der Waals surface area (Å²) in [6.45, 7) is 1.17. The lowest BCUT2D eigenvalue weighted by atomic mass is 9.85. The molecule has 2 atom stereocenters. The van der Waals surface area contributed by atoms with E-state index in [0.29, 0.717) is 6.04 Å². The molecule has 0 unspecified atom stereocenters. The molecule has 0 spiro atoms. The van der Waals surface area contributed by atoms with Crippen LogP contribution in [0.4, 0.5) is 0 Å². The highest BCUT2D eigenvalue weighted by Gasteiger charge is 2.25. The minimum absolute atomic E-state index is 0. The van der Waals surface area contributed by atoms with Gasteiger partial charge < -0.3 is 11.1 Å². The highest BCUT2D eigenvalue weighted by atomic mass is 35.5. The van der Waals surface area contributed by atoms with Crippen LogP contribution in [0.25, 0.3) is 0 Å². The average Bonchev–Trinajstić information content (AvgIpc) is 2.86. The molecule has 3 heteroatoms. The lowest BCUT2D eigenvalue weighted by Gasteiger charge is -2.28. The zero-order chi connectivity index (χ0) is 8.39. The van der Waals surface area contributed by atoms with Crippen LogP contribution in [0.3, 0.4) is 0 Å². The molecule has 78 valence electrons. The van der Waals surface area contributed by atoms with Crippen LogP contribution in [0.15, 0.2) is 0 Å². The Morgan fingerprint density at radius 1 is 1.08 bits per heavy atom. The molecule has 2 aliphatic rings. The van der Waals surface area contributed by atoms with Gasteiger partial charge in [-0.25, -0.2) is 0 Å². The lowest BCUT2D eigenvalue weighted by molar-refractivity contribution is 0.296. The number of hydrogen-bond acceptors (Lipinski definition) is 2. The van der Waals surface area contributed by atoms with E-state index in [-0.39, 0.29) is 12.4 Å². The molecule has 0 aromatic rings. The third kappa shape index (κ3) is 3.45. The monoisotopic (exact) mass is 204 g/mol. The molecule has 2 rings (SSSR count). The Labute approximate surface area is 87.1 Å². The molecule has 0 heterocycles. The van der Waals surface area contributed by atoms with E-state index < -0.39 is 0 Å². The van der Waals surface area contributed by atoms with Crippen LogP contribution in [0.1, 0.15) is 38.5 Å². The summed E-state index contributed by atoms with van der Waals surface area (Å²) in [5.74, 6) is 0.763. The third-order valence-corrected chi connectivity index (χ3v) is 3.21. The van der Waals surface area contributed by atoms with Crippen LogP contribution in [-0.2, 0) is 0 Å². The summed E-state index contributed by atoms with van der Waals surface area (Å²) in [5.41, 5.74) is 6.05. The molecule has 0 bridgehead atoms. The molecule has 0 amide bonds. The first-order valence-corrected chi connectivity index (χ1v) is 5.35. The SMILES string of the molecule is Cl.N[C@H]1CCCC[C@H]1CNC1CC1. The molecular formula is C10H21ClN2. The molecule has 0 saturated heterocycles. The fourth-order valence-corrected chi connectivity index (χ4v) is 2.10. The van der Waals surface area contributed by atoms with Crippen molar-refractivity contribution in [1.82, 2.24) is 5.32 Å². The number of nitrogens with two attached hydrogens (primary N) is 1. The van der Waals surface area contributed by atoms with Gasteiger partial charge >= 0.3 is 0 Å². The van der Waals surface area contributed by atoms with Gasteiger partial charge in [-0.15, -0.1) is 12.4 Å². The van der Waals surface area contributed by atoms with Gasteiger partial charge in [0, 0.05) is 12.1 Å². The lowest BCUT2D eigenvalue weighted by Crippen LogP contribution is -2.39. The maximum Gasteiger partial charge on any atom is 0.00792 e. The summed E-state index contributed by atoms with van der Waals surface area (Å²) in [6, 6.07) is 1.32. The van der Waals surface area contributed by atoms with Gasteiger partial charge in [-0.05, 0) is 38.1 Å². The first-order valence-electron chi connectivity index (χ1n) is 5.35. The fraction of sp³-hybridized carbons (Fsp3) is 1.00. The largest absolute Gasteiger partial charge is 0.327 e. The smallest absolute Gasteiger partial charge is 0.00792 e. The van der Waals surface area contributed by atoms with Crippen molar-refractivity contribution in [2.24, 2.45) is 11.7 Å².